The van der Waals surface area contributed by atoms with Crippen LogP contribution in [0.25, 0.3) is 0 Å². The maximum absolute atomic E-state index is 11.9. The topological polar surface area (TPSA) is 83.0 Å². The number of esters is 1. The Labute approximate surface area is 123 Å². The fourth-order valence-electron chi connectivity index (χ4n) is 1.74. The van der Waals surface area contributed by atoms with Crippen LogP contribution in [0.3, 0.4) is 0 Å². The van der Waals surface area contributed by atoms with Crippen LogP contribution in [0, 0.1) is 26.7 Å². The average molecular weight is 292 g/mol. The third-order valence-corrected chi connectivity index (χ3v) is 3.08. The lowest BCUT2D eigenvalue weighted by atomic mass is 10.2. The highest BCUT2D eigenvalue weighted by molar-refractivity contribution is 5.88. The molecule has 2 rings (SSSR count). The Morgan fingerprint density at radius 2 is 2.05 bits per heavy atom. The van der Waals surface area contributed by atoms with Crippen molar-refractivity contribution in [1.29, 1.82) is 0 Å². The highest BCUT2D eigenvalue weighted by Gasteiger charge is 2.19. The molecule has 21 heavy (non-hydrogen) atoms. The molecule has 0 saturated heterocycles. The van der Waals surface area contributed by atoms with Gasteiger partial charge in [-0.3, -0.25) is 0 Å². The lowest BCUT2D eigenvalue weighted by Crippen LogP contribution is -2.12. The van der Waals surface area contributed by atoms with E-state index in [0.717, 1.165) is 11.5 Å². The minimum absolute atomic E-state index is 0.232. The van der Waals surface area contributed by atoms with Gasteiger partial charge in [0.25, 0.3) is 0 Å². The summed E-state index contributed by atoms with van der Waals surface area (Å²) in [5, 5.41) is 7.85. The molecule has 0 amide bonds. The van der Waals surface area contributed by atoms with E-state index in [0.29, 0.717) is 24.7 Å². The van der Waals surface area contributed by atoms with Gasteiger partial charge in [0.1, 0.15) is 12.3 Å². The van der Waals surface area contributed by atoms with Crippen LogP contribution < -0.4 is 0 Å². The summed E-state index contributed by atoms with van der Waals surface area (Å²) in [6.07, 6.45) is 0. The van der Waals surface area contributed by atoms with Crippen molar-refractivity contribution in [2.24, 2.45) is 5.92 Å². The summed E-state index contributed by atoms with van der Waals surface area (Å²) in [7, 11) is 0. The molecule has 0 atom stereocenters. The second kappa shape index (κ2) is 6.07. The fraction of sp³-hybridized carbons (Fsp3) is 0.571. The predicted octanol–water partition coefficient (Wildman–Crippen LogP) is 2.05. The van der Waals surface area contributed by atoms with Crippen LogP contribution in [0.15, 0.2) is 4.42 Å². The molecule has 2 aromatic heterocycles. The fourth-order valence-corrected chi connectivity index (χ4v) is 1.74. The van der Waals surface area contributed by atoms with E-state index in [9.17, 15) is 4.79 Å². The van der Waals surface area contributed by atoms with Crippen LogP contribution in [0.1, 0.15) is 47.4 Å². The van der Waals surface area contributed by atoms with Crippen molar-refractivity contribution < 1.29 is 13.9 Å². The number of carbonyl (C=O) groups excluding carboxylic acids is 1. The first kappa shape index (κ1) is 15.2. The van der Waals surface area contributed by atoms with Gasteiger partial charge in [0.05, 0.1) is 18.0 Å². The lowest BCUT2D eigenvalue weighted by Gasteiger charge is -2.05. The number of aryl methyl sites for hydroxylation is 2. The minimum Gasteiger partial charge on any atom is -0.461 e. The second-order valence-corrected chi connectivity index (χ2v) is 5.42. The number of oxazole rings is 1. The molecule has 0 bridgehead atoms. The maximum atomic E-state index is 11.9. The number of carbonyl (C=O) groups is 1. The molecule has 0 N–H and O–H groups in total. The van der Waals surface area contributed by atoms with E-state index in [1.165, 1.54) is 0 Å². The molecular weight excluding hydrogens is 272 g/mol. The average Bonchev–Trinajstić information content (AvgIpc) is 2.92. The zero-order valence-corrected chi connectivity index (χ0v) is 13.0. The van der Waals surface area contributed by atoms with E-state index in [2.05, 4.69) is 15.3 Å². The molecule has 0 saturated carbocycles. The Bertz CT molecular complexity index is 623. The molecule has 0 radical (unpaired) electrons. The van der Waals surface area contributed by atoms with Gasteiger partial charge in [0.2, 0.25) is 5.89 Å². The number of hydrogen-bond donors (Lipinski definition) is 0. The van der Waals surface area contributed by atoms with Gasteiger partial charge < -0.3 is 9.15 Å². The Kier molecular flexibility index (Phi) is 4.40. The van der Waals surface area contributed by atoms with Gasteiger partial charge in [-0.05, 0) is 26.7 Å². The Morgan fingerprint density at radius 3 is 2.62 bits per heavy atom. The smallest absolute Gasteiger partial charge is 0.360 e. The predicted molar refractivity (Wildman–Crippen MR) is 75.0 cm³/mol. The van der Waals surface area contributed by atoms with Gasteiger partial charge >= 0.3 is 5.97 Å². The summed E-state index contributed by atoms with van der Waals surface area (Å²) >= 11 is 0. The van der Waals surface area contributed by atoms with Gasteiger partial charge in [0, 0.05) is 0 Å². The van der Waals surface area contributed by atoms with Crippen LogP contribution in [0.5, 0.6) is 0 Å². The van der Waals surface area contributed by atoms with Gasteiger partial charge in [-0.1, -0.05) is 19.1 Å². The molecule has 0 fully saturated rings. The number of ether oxygens (including phenoxy) is 1. The normalized spacial score (nSPS) is 11.1. The van der Waals surface area contributed by atoms with Gasteiger partial charge in [-0.15, -0.1) is 5.10 Å². The molecule has 0 aliphatic heterocycles. The van der Waals surface area contributed by atoms with Crippen molar-refractivity contribution in [2.45, 2.75) is 41.2 Å². The molecule has 0 aliphatic rings. The van der Waals surface area contributed by atoms with Crippen molar-refractivity contribution >= 4 is 5.97 Å². The van der Waals surface area contributed by atoms with Crippen molar-refractivity contribution in [3.8, 4) is 0 Å². The van der Waals surface area contributed by atoms with Crippen LogP contribution in [0.4, 0.5) is 0 Å². The number of hydrogen-bond acceptors (Lipinski definition) is 6. The first-order chi connectivity index (χ1) is 9.88. The first-order valence-corrected chi connectivity index (χ1v) is 6.88. The standard InChI is InChI=1S/C14H20N4O3/c1-8(2)7-20-14(19)13-10(4)18(17-16-13)6-12-15-9(3)11(5)21-12/h8H,6-7H2,1-5H3. The van der Waals surface area contributed by atoms with Gasteiger partial charge in [0.15, 0.2) is 5.69 Å². The molecule has 114 valence electrons. The zero-order valence-electron chi connectivity index (χ0n) is 13.0. The molecule has 2 heterocycles. The van der Waals surface area contributed by atoms with E-state index in [-0.39, 0.29) is 11.6 Å². The number of aromatic nitrogens is 4. The monoisotopic (exact) mass is 292 g/mol. The third-order valence-electron chi connectivity index (χ3n) is 3.08. The van der Waals surface area contributed by atoms with E-state index in [1.54, 1.807) is 11.6 Å². The molecule has 7 nitrogen and oxygen atoms in total. The highest BCUT2D eigenvalue weighted by Crippen LogP contribution is 2.12. The van der Waals surface area contributed by atoms with Gasteiger partial charge in [-0.25, -0.2) is 14.5 Å². The van der Waals surface area contributed by atoms with Crippen molar-refractivity contribution in [3.63, 3.8) is 0 Å². The summed E-state index contributed by atoms with van der Waals surface area (Å²) in [6, 6.07) is 0. The molecule has 7 heteroatoms. The summed E-state index contributed by atoms with van der Waals surface area (Å²) in [5.74, 6) is 1.15. The molecule has 2 aromatic rings. The lowest BCUT2D eigenvalue weighted by molar-refractivity contribution is 0.0451. The van der Waals surface area contributed by atoms with Crippen molar-refractivity contribution in [3.05, 3.63) is 28.7 Å². The Balaban J connectivity index is 2.11. The van der Waals surface area contributed by atoms with Crippen LogP contribution in [0.2, 0.25) is 0 Å². The number of rotatable bonds is 5. The van der Waals surface area contributed by atoms with E-state index in [4.69, 9.17) is 9.15 Å². The molecule has 0 spiro atoms. The second-order valence-electron chi connectivity index (χ2n) is 5.42. The minimum atomic E-state index is -0.452. The SMILES string of the molecule is Cc1nc(Cn2nnc(C(=O)OCC(C)C)c2C)oc1C. The molecular formula is C14H20N4O3. The van der Waals surface area contributed by atoms with E-state index >= 15 is 0 Å². The molecule has 0 unspecified atom stereocenters. The zero-order chi connectivity index (χ0) is 15.6. The molecule has 0 aromatic carbocycles. The summed E-state index contributed by atoms with van der Waals surface area (Å²) in [5.41, 5.74) is 1.72. The largest absolute Gasteiger partial charge is 0.461 e. The third kappa shape index (κ3) is 3.48. The van der Waals surface area contributed by atoms with Gasteiger partial charge in [-0.2, -0.15) is 0 Å². The molecule has 0 aliphatic carbocycles. The summed E-state index contributed by atoms with van der Waals surface area (Å²) < 4.78 is 12.2. The highest BCUT2D eigenvalue weighted by atomic mass is 16.5. The van der Waals surface area contributed by atoms with Crippen molar-refractivity contribution in [2.75, 3.05) is 6.61 Å². The first-order valence-electron chi connectivity index (χ1n) is 6.88. The van der Waals surface area contributed by atoms with Crippen molar-refractivity contribution in [1.82, 2.24) is 20.0 Å². The summed E-state index contributed by atoms with van der Waals surface area (Å²) in [4.78, 5) is 16.2. The van der Waals surface area contributed by atoms with E-state index in [1.807, 2.05) is 27.7 Å². The quantitative estimate of drug-likeness (QED) is 0.784. The number of nitrogens with zero attached hydrogens (tertiary/aromatic N) is 4. The van der Waals surface area contributed by atoms with Crippen LogP contribution in [-0.2, 0) is 11.3 Å². The van der Waals surface area contributed by atoms with E-state index < -0.39 is 5.97 Å². The maximum Gasteiger partial charge on any atom is 0.360 e. The summed E-state index contributed by atoms with van der Waals surface area (Å²) in [6.45, 7) is 10.2. The van der Waals surface area contributed by atoms with Crippen LogP contribution >= 0.6 is 0 Å². The Hall–Kier alpha value is -2.18. The Morgan fingerprint density at radius 1 is 1.33 bits per heavy atom. The van der Waals surface area contributed by atoms with Crippen LogP contribution in [-0.4, -0.2) is 32.6 Å².